The Labute approximate surface area is 147 Å². The lowest BCUT2D eigenvalue weighted by atomic mass is 9.58. The molecule has 0 aromatic heterocycles. The number of nitrogens with one attached hydrogen (secondary N) is 1. The summed E-state index contributed by atoms with van der Waals surface area (Å²) in [5, 5.41) is 28.2. The molecule has 3 unspecified atom stereocenters. The number of amidine groups is 1. The minimum Gasteiger partial charge on any atom is -0.298 e. The summed E-state index contributed by atoms with van der Waals surface area (Å²) in [4.78, 5) is 16.5. The van der Waals surface area contributed by atoms with E-state index in [9.17, 15) is 15.3 Å². The highest BCUT2D eigenvalue weighted by molar-refractivity contribution is 8.15. The number of carbonyl (C=O) groups is 1. The van der Waals surface area contributed by atoms with Gasteiger partial charge in [0, 0.05) is 11.8 Å². The van der Waals surface area contributed by atoms with Gasteiger partial charge < -0.3 is 0 Å². The maximum atomic E-state index is 12.2. The zero-order valence-electron chi connectivity index (χ0n) is 13.8. The molecule has 1 aliphatic heterocycles. The van der Waals surface area contributed by atoms with Crippen molar-refractivity contribution in [2.45, 2.75) is 63.0 Å². The van der Waals surface area contributed by atoms with Crippen LogP contribution in [0.5, 0.6) is 0 Å². The molecule has 0 aromatic carbocycles. The molecular weight excluding hydrogens is 320 g/mol. The van der Waals surface area contributed by atoms with E-state index in [-0.39, 0.29) is 16.9 Å². The molecule has 2 saturated carbocycles. The second-order valence-corrected chi connectivity index (χ2v) is 8.29. The topological polar surface area (TPSA) is 101 Å². The highest BCUT2D eigenvalue weighted by atomic mass is 32.2. The van der Waals surface area contributed by atoms with E-state index >= 15 is 0 Å². The fourth-order valence-electron chi connectivity index (χ4n) is 4.41. The van der Waals surface area contributed by atoms with E-state index in [1.54, 1.807) is 0 Å². The molecule has 0 aromatic rings. The van der Waals surface area contributed by atoms with Gasteiger partial charge in [0.15, 0.2) is 0 Å². The minimum atomic E-state index is -0.603. The Morgan fingerprint density at radius 3 is 2.42 bits per heavy atom. The molecule has 3 atom stereocenters. The van der Waals surface area contributed by atoms with Crippen LogP contribution in [0.3, 0.4) is 0 Å². The van der Waals surface area contributed by atoms with E-state index in [1.165, 1.54) is 11.8 Å². The third-order valence-electron chi connectivity index (χ3n) is 5.71. The summed E-state index contributed by atoms with van der Waals surface area (Å²) >= 11 is 1.39. The summed E-state index contributed by atoms with van der Waals surface area (Å²) in [7, 11) is 0. The molecule has 5 nitrogen and oxygen atoms in total. The number of carbonyl (C=O) groups excluding carboxylic acids is 1. The van der Waals surface area contributed by atoms with Crippen molar-refractivity contribution >= 4 is 28.4 Å². The van der Waals surface area contributed by atoms with Gasteiger partial charge in [-0.3, -0.25) is 10.2 Å². The summed E-state index contributed by atoms with van der Waals surface area (Å²) in [5.74, 6) is -0.751. The van der Waals surface area contributed by atoms with Crippen LogP contribution in [0.4, 0.5) is 0 Å². The van der Waals surface area contributed by atoms with Crippen LogP contribution in [0.1, 0.15) is 57.8 Å². The van der Waals surface area contributed by atoms with Gasteiger partial charge in [0.05, 0.1) is 22.4 Å². The quantitative estimate of drug-likeness (QED) is 0.782. The number of hydrogen-bond acceptors (Lipinski definition) is 5. The van der Waals surface area contributed by atoms with Crippen LogP contribution in [0.15, 0.2) is 4.99 Å². The zero-order valence-corrected chi connectivity index (χ0v) is 14.6. The van der Waals surface area contributed by atoms with E-state index in [1.807, 2.05) is 0 Å². The molecule has 3 aliphatic rings. The number of thioether (sulfide) groups is 1. The first kappa shape index (κ1) is 17.2. The molecule has 126 valence electrons. The van der Waals surface area contributed by atoms with Crippen LogP contribution < -0.4 is 0 Å². The van der Waals surface area contributed by atoms with Crippen molar-refractivity contribution in [3.05, 3.63) is 0 Å². The van der Waals surface area contributed by atoms with Crippen molar-refractivity contribution in [2.75, 3.05) is 0 Å². The molecule has 0 radical (unpaired) electrons. The van der Waals surface area contributed by atoms with Gasteiger partial charge in [0.25, 0.3) is 0 Å². The fraction of sp³-hybridized carbons (Fsp3) is 0.722. The third-order valence-corrected chi connectivity index (χ3v) is 7.06. The van der Waals surface area contributed by atoms with Crippen LogP contribution in [0, 0.1) is 45.3 Å². The highest BCUT2D eigenvalue weighted by Gasteiger charge is 2.53. The molecule has 6 heteroatoms. The number of rotatable bonds is 1. The predicted octanol–water partition coefficient (Wildman–Crippen LogP) is 3.85. The SMILES string of the molecule is N#CC1C(=N)N=C(SC2CCCCC2=O)C(C#N)C12CCCCC2. The summed E-state index contributed by atoms with van der Waals surface area (Å²) in [5.41, 5.74) is -0.485. The maximum Gasteiger partial charge on any atom is 0.146 e. The van der Waals surface area contributed by atoms with E-state index in [0.29, 0.717) is 11.5 Å². The molecule has 0 bridgehead atoms. The lowest BCUT2D eigenvalue weighted by Crippen LogP contribution is -2.48. The molecule has 0 saturated heterocycles. The van der Waals surface area contributed by atoms with Crippen molar-refractivity contribution in [1.29, 1.82) is 15.9 Å². The number of nitriles is 2. The normalized spacial score (nSPS) is 32.8. The van der Waals surface area contributed by atoms with Crippen molar-refractivity contribution in [2.24, 2.45) is 22.2 Å². The van der Waals surface area contributed by atoms with Crippen molar-refractivity contribution in [3.63, 3.8) is 0 Å². The van der Waals surface area contributed by atoms with Gasteiger partial charge in [-0.05, 0) is 25.7 Å². The fourth-order valence-corrected chi connectivity index (χ4v) is 5.81. The molecule has 2 fully saturated rings. The molecule has 24 heavy (non-hydrogen) atoms. The van der Waals surface area contributed by atoms with Gasteiger partial charge >= 0.3 is 0 Å². The van der Waals surface area contributed by atoms with Gasteiger partial charge in [-0.25, -0.2) is 4.99 Å². The van der Waals surface area contributed by atoms with E-state index in [0.717, 1.165) is 51.4 Å². The molecule has 3 rings (SSSR count). The van der Waals surface area contributed by atoms with Gasteiger partial charge in [-0.15, -0.1) is 0 Å². The van der Waals surface area contributed by atoms with Gasteiger partial charge in [0.1, 0.15) is 23.5 Å². The lowest BCUT2D eigenvalue weighted by molar-refractivity contribution is -0.119. The number of ketones is 1. The van der Waals surface area contributed by atoms with E-state index < -0.39 is 17.3 Å². The van der Waals surface area contributed by atoms with Crippen molar-refractivity contribution in [3.8, 4) is 12.1 Å². The summed E-state index contributed by atoms with van der Waals surface area (Å²) in [6, 6.07) is 4.65. The molecule has 1 heterocycles. The predicted molar refractivity (Wildman–Crippen MR) is 93.7 cm³/mol. The molecule has 1 N–H and O–H groups in total. The van der Waals surface area contributed by atoms with Gasteiger partial charge in [-0.2, -0.15) is 10.5 Å². The molecule has 0 amide bonds. The number of aliphatic imine (C=N–C) groups is 1. The van der Waals surface area contributed by atoms with Gasteiger partial charge in [0.2, 0.25) is 0 Å². The number of nitrogens with zero attached hydrogens (tertiary/aromatic N) is 3. The summed E-state index contributed by atoms with van der Waals surface area (Å²) < 4.78 is 0. The first-order valence-electron chi connectivity index (χ1n) is 8.78. The van der Waals surface area contributed by atoms with E-state index in [2.05, 4.69) is 17.1 Å². The smallest absolute Gasteiger partial charge is 0.146 e. The molecule has 1 spiro atoms. The minimum absolute atomic E-state index is 0.0802. The second kappa shape index (κ2) is 7.07. The van der Waals surface area contributed by atoms with Crippen LogP contribution in [-0.2, 0) is 4.79 Å². The third kappa shape index (κ3) is 2.89. The Kier molecular flexibility index (Phi) is 5.06. The Morgan fingerprint density at radius 2 is 1.79 bits per heavy atom. The van der Waals surface area contributed by atoms with Gasteiger partial charge in [-0.1, -0.05) is 37.4 Å². The monoisotopic (exact) mass is 342 g/mol. The van der Waals surface area contributed by atoms with Crippen molar-refractivity contribution in [1.82, 2.24) is 0 Å². The molecule has 2 aliphatic carbocycles. The maximum absolute atomic E-state index is 12.2. The average molecular weight is 342 g/mol. The zero-order chi connectivity index (χ0) is 17.2. The van der Waals surface area contributed by atoms with E-state index in [4.69, 9.17) is 5.41 Å². The Bertz CT molecular complexity index is 651. The summed E-state index contributed by atoms with van der Waals surface area (Å²) in [6.45, 7) is 0. The lowest BCUT2D eigenvalue weighted by Gasteiger charge is -2.46. The van der Waals surface area contributed by atoms with Crippen molar-refractivity contribution < 1.29 is 4.79 Å². The standard InChI is InChI=1S/C18H22N4OS/c19-10-12-16(21)22-17(24-15-7-3-2-6-14(15)23)13(11-20)18(12)8-4-1-5-9-18/h12-13,15,21H,1-9H2. The Balaban J connectivity index is 1.93. The second-order valence-electron chi connectivity index (χ2n) is 7.07. The largest absolute Gasteiger partial charge is 0.298 e. The van der Waals surface area contributed by atoms with Crippen LogP contribution >= 0.6 is 11.8 Å². The first-order valence-corrected chi connectivity index (χ1v) is 9.66. The molecular formula is C18H22N4OS. The number of hydrogen-bond donors (Lipinski definition) is 1. The first-order chi connectivity index (χ1) is 11.6. The van der Waals surface area contributed by atoms with Crippen LogP contribution in [-0.4, -0.2) is 21.9 Å². The Morgan fingerprint density at radius 1 is 1.08 bits per heavy atom. The number of Topliss-reactive ketones (excluding diaryl/α,β-unsaturated/α-hetero) is 1. The average Bonchev–Trinajstić information content (AvgIpc) is 2.58. The highest BCUT2D eigenvalue weighted by Crippen LogP contribution is 2.53. The summed E-state index contributed by atoms with van der Waals surface area (Å²) in [6.07, 6.45) is 8.08. The Hall–Kier alpha value is -1.66. The van der Waals surface area contributed by atoms with Crippen LogP contribution in [0.2, 0.25) is 0 Å². The van der Waals surface area contributed by atoms with Crippen LogP contribution in [0.25, 0.3) is 0 Å².